The highest BCUT2D eigenvalue weighted by atomic mass is 16.4. The van der Waals surface area contributed by atoms with Crippen molar-refractivity contribution in [3.63, 3.8) is 0 Å². The summed E-state index contributed by atoms with van der Waals surface area (Å²) in [6, 6.07) is -2.21. The van der Waals surface area contributed by atoms with E-state index >= 15 is 0 Å². The molecule has 7 N–H and O–H groups in total. The molecular weight excluding hydrogens is 184 g/mol. The number of carbonyl (C=O) groups is 3. The molecular formula is C5H8N2O6. The molecule has 0 spiro atoms. The molecule has 0 saturated carbocycles. The molecule has 8 nitrogen and oxygen atoms in total. The van der Waals surface area contributed by atoms with Crippen LogP contribution in [-0.4, -0.2) is 44.8 Å². The van der Waals surface area contributed by atoms with Gasteiger partial charge in [-0.1, -0.05) is 0 Å². The molecule has 1 atom stereocenters. The number of aliphatic carboxylic acids is 3. The first-order valence-corrected chi connectivity index (χ1v) is 2.98. The van der Waals surface area contributed by atoms with Crippen molar-refractivity contribution in [1.29, 1.82) is 0 Å². The van der Waals surface area contributed by atoms with Crippen molar-refractivity contribution in [2.75, 3.05) is 0 Å². The van der Waals surface area contributed by atoms with Gasteiger partial charge in [0.2, 0.25) is 5.54 Å². The van der Waals surface area contributed by atoms with Gasteiger partial charge in [0.05, 0.1) is 0 Å². The van der Waals surface area contributed by atoms with Gasteiger partial charge in [-0.15, -0.1) is 0 Å². The van der Waals surface area contributed by atoms with Crippen LogP contribution in [-0.2, 0) is 14.4 Å². The van der Waals surface area contributed by atoms with Crippen molar-refractivity contribution < 1.29 is 29.7 Å². The minimum atomic E-state index is -3.01. The number of carboxylic acids is 3. The first-order valence-electron chi connectivity index (χ1n) is 2.98. The molecule has 0 aromatic carbocycles. The molecule has 74 valence electrons. The van der Waals surface area contributed by atoms with E-state index in [0.29, 0.717) is 0 Å². The van der Waals surface area contributed by atoms with Crippen LogP contribution in [0.2, 0.25) is 0 Å². The van der Waals surface area contributed by atoms with E-state index < -0.39 is 29.5 Å². The van der Waals surface area contributed by atoms with Crippen molar-refractivity contribution in [2.45, 2.75) is 11.6 Å². The van der Waals surface area contributed by atoms with E-state index in [-0.39, 0.29) is 0 Å². The van der Waals surface area contributed by atoms with Crippen molar-refractivity contribution in [3.8, 4) is 0 Å². The van der Waals surface area contributed by atoms with Gasteiger partial charge in [-0.05, 0) is 0 Å². The van der Waals surface area contributed by atoms with Crippen molar-refractivity contribution in [1.82, 2.24) is 0 Å². The number of hydrogen-bond acceptors (Lipinski definition) is 5. The van der Waals surface area contributed by atoms with E-state index in [2.05, 4.69) is 0 Å². The average molecular weight is 192 g/mol. The topological polar surface area (TPSA) is 164 Å². The smallest absolute Gasteiger partial charge is 0.337 e. The van der Waals surface area contributed by atoms with Gasteiger partial charge in [-0.3, -0.25) is 4.79 Å². The van der Waals surface area contributed by atoms with E-state index in [4.69, 9.17) is 26.8 Å². The van der Waals surface area contributed by atoms with Crippen LogP contribution in [0.25, 0.3) is 0 Å². The molecule has 0 rings (SSSR count). The summed E-state index contributed by atoms with van der Waals surface area (Å²) >= 11 is 0. The molecule has 0 heterocycles. The highest BCUT2D eigenvalue weighted by Crippen LogP contribution is 2.06. The second-order valence-corrected chi connectivity index (χ2v) is 2.30. The summed E-state index contributed by atoms with van der Waals surface area (Å²) in [4.78, 5) is 30.9. The zero-order valence-corrected chi connectivity index (χ0v) is 6.30. The molecule has 1 unspecified atom stereocenters. The summed E-state index contributed by atoms with van der Waals surface area (Å²) in [5, 5.41) is 25.0. The molecule has 0 saturated heterocycles. The fraction of sp³-hybridized carbons (Fsp3) is 0.400. The Morgan fingerprint density at radius 2 is 1.38 bits per heavy atom. The number of hydrogen-bond donors (Lipinski definition) is 5. The molecule has 0 amide bonds. The molecule has 0 aliphatic heterocycles. The van der Waals surface area contributed by atoms with Gasteiger partial charge in [-0.25, -0.2) is 9.59 Å². The van der Waals surface area contributed by atoms with E-state index in [1.54, 1.807) is 0 Å². The van der Waals surface area contributed by atoms with Gasteiger partial charge in [0.15, 0.2) is 0 Å². The van der Waals surface area contributed by atoms with Crippen LogP contribution < -0.4 is 11.5 Å². The fourth-order valence-electron chi connectivity index (χ4n) is 0.552. The Morgan fingerprint density at radius 1 is 1.08 bits per heavy atom. The van der Waals surface area contributed by atoms with E-state index in [1.807, 2.05) is 0 Å². The summed E-state index contributed by atoms with van der Waals surface area (Å²) < 4.78 is 0. The first kappa shape index (κ1) is 11.3. The van der Waals surface area contributed by atoms with Crippen LogP contribution in [0.3, 0.4) is 0 Å². The van der Waals surface area contributed by atoms with Gasteiger partial charge in [0.1, 0.15) is 6.04 Å². The first-order chi connectivity index (χ1) is 5.74. The maximum atomic E-state index is 10.4. The van der Waals surface area contributed by atoms with Gasteiger partial charge >= 0.3 is 17.9 Å². The van der Waals surface area contributed by atoms with E-state index in [9.17, 15) is 14.4 Å². The lowest BCUT2D eigenvalue weighted by molar-refractivity contribution is -0.163. The molecule has 13 heavy (non-hydrogen) atoms. The summed E-state index contributed by atoms with van der Waals surface area (Å²) in [6.07, 6.45) is 0. The quantitative estimate of drug-likeness (QED) is 0.299. The third-order valence-corrected chi connectivity index (χ3v) is 1.46. The Hall–Kier alpha value is -1.67. The highest BCUT2D eigenvalue weighted by Gasteiger charge is 2.51. The molecule has 0 aliphatic rings. The molecule has 0 aliphatic carbocycles. The van der Waals surface area contributed by atoms with E-state index in [0.717, 1.165) is 0 Å². The third kappa shape index (κ3) is 1.73. The van der Waals surface area contributed by atoms with Gasteiger partial charge in [0.25, 0.3) is 0 Å². The van der Waals surface area contributed by atoms with Crippen molar-refractivity contribution >= 4 is 17.9 Å². The van der Waals surface area contributed by atoms with Crippen LogP contribution in [0.4, 0.5) is 0 Å². The minimum absolute atomic E-state index is 1.80. The van der Waals surface area contributed by atoms with Gasteiger partial charge in [0, 0.05) is 0 Å². The Kier molecular flexibility index (Phi) is 2.94. The zero-order chi connectivity index (χ0) is 10.8. The lowest BCUT2D eigenvalue weighted by Gasteiger charge is -2.22. The number of carboxylic acid groups (broad SMARTS) is 3. The SMILES string of the molecule is NC(C(=O)O)C(N)(C(=O)O)C(=O)O. The minimum Gasteiger partial charge on any atom is -0.480 e. The lowest BCUT2D eigenvalue weighted by atomic mass is 9.92. The second-order valence-electron chi connectivity index (χ2n) is 2.30. The van der Waals surface area contributed by atoms with Crippen molar-refractivity contribution in [3.05, 3.63) is 0 Å². The molecule has 0 bridgehead atoms. The Balaban J connectivity index is 5.13. The van der Waals surface area contributed by atoms with E-state index in [1.165, 1.54) is 0 Å². The molecule has 0 aromatic rings. The van der Waals surface area contributed by atoms with Crippen LogP contribution in [0.5, 0.6) is 0 Å². The molecule has 0 fully saturated rings. The third-order valence-electron chi connectivity index (χ3n) is 1.46. The monoisotopic (exact) mass is 192 g/mol. The Morgan fingerprint density at radius 3 is 1.46 bits per heavy atom. The zero-order valence-electron chi connectivity index (χ0n) is 6.30. The highest BCUT2D eigenvalue weighted by molar-refractivity contribution is 6.08. The predicted molar refractivity (Wildman–Crippen MR) is 37.8 cm³/mol. The number of rotatable bonds is 4. The Bertz CT molecular complexity index is 248. The summed E-state index contributed by atoms with van der Waals surface area (Å²) in [5.41, 5.74) is 6.63. The largest absolute Gasteiger partial charge is 0.480 e. The average Bonchev–Trinajstić information content (AvgIpc) is 2.00. The van der Waals surface area contributed by atoms with Gasteiger partial charge in [-0.2, -0.15) is 0 Å². The van der Waals surface area contributed by atoms with Crippen LogP contribution in [0, 0.1) is 0 Å². The molecule has 8 heteroatoms. The maximum Gasteiger partial charge on any atom is 0.337 e. The van der Waals surface area contributed by atoms with Gasteiger partial charge < -0.3 is 26.8 Å². The van der Waals surface area contributed by atoms with Crippen LogP contribution >= 0.6 is 0 Å². The predicted octanol–water partition coefficient (Wildman–Crippen LogP) is -2.73. The summed E-state index contributed by atoms with van der Waals surface area (Å²) in [6.45, 7) is 0. The normalized spacial score (nSPS) is 13.4. The van der Waals surface area contributed by atoms with Crippen molar-refractivity contribution in [2.24, 2.45) is 11.5 Å². The Labute approximate surface area is 71.7 Å². The maximum absolute atomic E-state index is 10.4. The second kappa shape index (κ2) is 3.37. The lowest BCUT2D eigenvalue weighted by Crippen LogP contribution is -2.68. The standard InChI is InChI=1S/C5H8N2O6/c6-1(2(8)9)5(7,3(10)11)4(12)13/h1H,6-7H2,(H,8,9)(H,10,11)(H,12,13). The summed E-state index contributed by atoms with van der Waals surface area (Å²) in [5.74, 6) is -5.81. The number of nitrogens with two attached hydrogens (primary N) is 2. The molecule has 0 aromatic heterocycles. The fourth-order valence-corrected chi connectivity index (χ4v) is 0.552. The van der Waals surface area contributed by atoms with Crippen LogP contribution in [0.15, 0.2) is 0 Å². The van der Waals surface area contributed by atoms with Crippen LogP contribution in [0.1, 0.15) is 0 Å². The summed E-state index contributed by atoms with van der Waals surface area (Å²) in [7, 11) is 0. The molecule has 0 radical (unpaired) electrons.